The predicted octanol–water partition coefficient (Wildman–Crippen LogP) is 2.27. The molecule has 0 saturated carbocycles. The van der Waals surface area contributed by atoms with Crippen LogP contribution < -0.4 is 0 Å². The van der Waals surface area contributed by atoms with Crippen LogP contribution in [-0.4, -0.2) is 40.6 Å². The van der Waals surface area contributed by atoms with Crippen molar-refractivity contribution in [2.24, 2.45) is 0 Å². The highest BCUT2D eigenvalue weighted by Crippen LogP contribution is 2.27. The average molecular weight is 303 g/mol. The first-order valence-electron chi connectivity index (χ1n) is 7.26. The molecule has 1 aromatic carbocycles. The first-order chi connectivity index (χ1) is 10.2. The van der Waals surface area contributed by atoms with Gasteiger partial charge >= 0.3 is 0 Å². The minimum atomic E-state index is 0.0944. The summed E-state index contributed by atoms with van der Waals surface area (Å²) in [4.78, 5) is 14.1. The molecule has 1 heterocycles. The molecule has 0 spiro atoms. The topological polar surface area (TPSA) is 40.5 Å². The van der Waals surface area contributed by atoms with Gasteiger partial charge < -0.3 is 10.0 Å². The summed E-state index contributed by atoms with van der Waals surface area (Å²) in [6.45, 7) is 0.734. The maximum absolute atomic E-state index is 12.3. The van der Waals surface area contributed by atoms with E-state index in [4.69, 9.17) is 5.11 Å². The molecule has 1 aromatic rings. The minimum Gasteiger partial charge on any atom is -0.395 e. The van der Waals surface area contributed by atoms with E-state index in [2.05, 4.69) is 11.8 Å². The van der Waals surface area contributed by atoms with Crippen LogP contribution in [0.1, 0.15) is 30.4 Å². The summed E-state index contributed by atoms with van der Waals surface area (Å²) in [6.07, 6.45) is 2.65. The smallest absolute Gasteiger partial charge is 0.235 e. The maximum Gasteiger partial charge on any atom is 0.235 e. The average Bonchev–Trinajstić information content (AvgIpc) is 3.02. The van der Waals surface area contributed by atoms with Crippen molar-refractivity contribution in [3.8, 4) is 11.8 Å². The molecule has 1 saturated heterocycles. The number of thioether (sulfide) groups is 1. The van der Waals surface area contributed by atoms with E-state index in [0.717, 1.165) is 29.7 Å². The third-order valence-electron chi connectivity index (χ3n) is 3.42. The molecule has 1 fully saturated rings. The SMILES string of the molecule is CN(Cc1ccc(C#CCCO)cc1)C(=O)C1CCCS1. The number of rotatable bonds is 4. The number of hydrogen-bond acceptors (Lipinski definition) is 3. The zero-order valence-corrected chi connectivity index (χ0v) is 13.2. The summed E-state index contributed by atoms with van der Waals surface area (Å²) in [5, 5.41) is 8.84. The number of aliphatic hydroxyl groups excluding tert-OH is 1. The lowest BCUT2D eigenvalue weighted by Gasteiger charge is -2.20. The Labute approximate surface area is 130 Å². The van der Waals surface area contributed by atoms with Crippen molar-refractivity contribution in [3.63, 3.8) is 0 Å². The highest BCUT2D eigenvalue weighted by molar-refractivity contribution is 8.00. The van der Waals surface area contributed by atoms with Gasteiger partial charge in [0.05, 0.1) is 11.9 Å². The van der Waals surface area contributed by atoms with Crippen LogP contribution in [0, 0.1) is 11.8 Å². The molecule has 1 unspecified atom stereocenters. The molecule has 1 amide bonds. The first kappa shape index (κ1) is 15.9. The largest absolute Gasteiger partial charge is 0.395 e. The van der Waals surface area contributed by atoms with Crippen LogP contribution in [0.3, 0.4) is 0 Å². The van der Waals surface area contributed by atoms with Gasteiger partial charge in [-0.1, -0.05) is 24.0 Å². The van der Waals surface area contributed by atoms with Crippen LogP contribution in [0.5, 0.6) is 0 Å². The Morgan fingerprint density at radius 1 is 1.43 bits per heavy atom. The number of nitrogens with zero attached hydrogens (tertiary/aromatic N) is 1. The van der Waals surface area contributed by atoms with Crippen molar-refractivity contribution in [1.82, 2.24) is 4.90 Å². The van der Waals surface area contributed by atoms with E-state index in [1.54, 1.807) is 11.8 Å². The monoisotopic (exact) mass is 303 g/mol. The van der Waals surface area contributed by atoms with Crippen molar-refractivity contribution < 1.29 is 9.90 Å². The summed E-state index contributed by atoms with van der Waals surface area (Å²) in [5.41, 5.74) is 2.05. The number of aliphatic hydroxyl groups is 1. The van der Waals surface area contributed by atoms with E-state index in [0.29, 0.717) is 13.0 Å². The third-order valence-corrected chi connectivity index (χ3v) is 4.79. The summed E-state index contributed by atoms with van der Waals surface area (Å²) in [6, 6.07) is 7.94. The van der Waals surface area contributed by atoms with E-state index < -0.39 is 0 Å². The first-order valence-corrected chi connectivity index (χ1v) is 8.31. The normalized spacial score (nSPS) is 17.1. The van der Waals surface area contributed by atoms with Crippen molar-refractivity contribution in [2.45, 2.75) is 31.1 Å². The molecule has 0 radical (unpaired) electrons. The molecule has 3 nitrogen and oxygen atoms in total. The lowest BCUT2D eigenvalue weighted by molar-refractivity contribution is -0.129. The number of benzene rings is 1. The summed E-state index contributed by atoms with van der Waals surface area (Å²) in [7, 11) is 1.87. The molecular weight excluding hydrogens is 282 g/mol. The number of hydrogen-bond donors (Lipinski definition) is 1. The lowest BCUT2D eigenvalue weighted by atomic mass is 10.1. The van der Waals surface area contributed by atoms with Crippen molar-refractivity contribution in [2.75, 3.05) is 19.4 Å². The quantitative estimate of drug-likeness (QED) is 0.868. The molecule has 1 aliphatic heterocycles. The second-order valence-electron chi connectivity index (χ2n) is 5.17. The summed E-state index contributed by atoms with van der Waals surface area (Å²) >= 11 is 1.77. The van der Waals surface area contributed by atoms with Crippen LogP contribution in [0.2, 0.25) is 0 Å². The Bertz CT molecular complexity index is 524. The van der Waals surface area contributed by atoms with Gasteiger partial charge in [0.1, 0.15) is 0 Å². The minimum absolute atomic E-state index is 0.0944. The van der Waals surface area contributed by atoms with Crippen LogP contribution in [-0.2, 0) is 11.3 Å². The van der Waals surface area contributed by atoms with E-state index in [9.17, 15) is 4.79 Å². The van der Waals surface area contributed by atoms with Gasteiger partial charge in [0.2, 0.25) is 5.91 Å². The van der Waals surface area contributed by atoms with E-state index >= 15 is 0 Å². The Hall–Kier alpha value is -1.44. The Balaban J connectivity index is 1.90. The van der Waals surface area contributed by atoms with Crippen molar-refractivity contribution in [1.29, 1.82) is 0 Å². The van der Waals surface area contributed by atoms with Gasteiger partial charge in [0, 0.05) is 25.6 Å². The van der Waals surface area contributed by atoms with Crippen LogP contribution >= 0.6 is 11.8 Å². The second-order valence-corrected chi connectivity index (χ2v) is 6.48. The fourth-order valence-electron chi connectivity index (χ4n) is 2.28. The zero-order valence-electron chi connectivity index (χ0n) is 12.3. The fourth-order valence-corrected chi connectivity index (χ4v) is 3.56. The summed E-state index contributed by atoms with van der Waals surface area (Å²) < 4.78 is 0. The Morgan fingerprint density at radius 3 is 2.81 bits per heavy atom. The van der Waals surface area contributed by atoms with Crippen LogP contribution in [0.25, 0.3) is 0 Å². The van der Waals surface area contributed by atoms with Crippen molar-refractivity contribution in [3.05, 3.63) is 35.4 Å². The lowest BCUT2D eigenvalue weighted by Crippen LogP contribution is -2.33. The molecule has 112 valence electrons. The fraction of sp³-hybridized carbons (Fsp3) is 0.471. The van der Waals surface area contributed by atoms with E-state index in [1.165, 1.54) is 0 Å². The molecule has 1 aliphatic rings. The van der Waals surface area contributed by atoms with Crippen LogP contribution in [0.15, 0.2) is 24.3 Å². The van der Waals surface area contributed by atoms with Gasteiger partial charge in [-0.25, -0.2) is 0 Å². The molecular formula is C17H21NO2S. The van der Waals surface area contributed by atoms with Crippen molar-refractivity contribution >= 4 is 17.7 Å². The van der Waals surface area contributed by atoms with E-state index in [-0.39, 0.29) is 17.8 Å². The van der Waals surface area contributed by atoms with Gasteiger partial charge in [-0.2, -0.15) is 0 Å². The number of carbonyl (C=O) groups excluding carboxylic acids is 1. The van der Waals surface area contributed by atoms with Crippen LogP contribution in [0.4, 0.5) is 0 Å². The third kappa shape index (κ3) is 4.80. The highest BCUT2D eigenvalue weighted by Gasteiger charge is 2.25. The van der Waals surface area contributed by atoms with Gasteiger partial charge in [0.15, 0.2) is 0 Å². The van der Waals surface area contributed by atoms with Gasteiger partial charge in [0.25, 0.3) is 0 Å². The standard InChI is InChI=1S/C17H21NO2S/c1-18(17(20)16-6-4-12-21-16)13-15-9-7-14(8-10-15)5-2-3-11-19/h7-10,16,19H,3-4,6,11-13H2,1H3. The summed E-state index contributed by atoms with van der Waals surface area (Å²) in [5.74, 6) is 7.24. The molecule has 0 aromatic heterocycles. The Kier molecular flexibility index (Phi) is 6.16. The highest BCUT2D eigenvalue weighted by atomic mass is 32.2. The molecule has 0 bridgehead atoms. The Morgan fingerprint density at radius 2 is 2.19 bits per heavy atom. The number of amides is 1. The maximum atomic E-state index is 12.3. The second kappa shape index (κ2) is 8.11. The van der Waals surface area contributed by atoms with E-state index in [1.807, 2.05) is 36.2 Å². The van der Waals surface area contributed by atoms with Gasteiger partial charge in [-0.3, -0.25) is 4.79 Å². The molecule has 21 heavy (non-hydrogen) atoms. The predicted molar refractivity (Wildman–Crippen MR) is 87.0 cm³/mol. The van der Waals surface area contributed by atoms with Gasteiger partial charge in [-0.15, -0.1) is 11.8 Å². The molecule has 2 rings (SSSR count). The molecule has 4 heteroatoms. The molecule has 0 aliphatic carbocycles. The molecule has 1 atom stereocenters. The van der Waals surface area contributed by atoms with Gasteiger partial charge in [-0.05, 0) is 36.3 Å². The zero-order chi connectivity index (χ0) is 15.1. The number of carbonyl (C=O) groups is 1. The molecule has 1 N–H and O–H groups in total.